The van der Waals surface area contributed by atoms with E-state index in [0.717, 1.165) is 11.3 Å². The minimum atomic E-state index is -0.127. The number of carbonyl (C=O) groups excluding carboxylic acids is 1. The van der Waals surface area contributed by atoms with Gasteiger partial charge in [-0.25, -0.2) is 0 Å². The first kappa shape index (κ1) is 16.9. The summed E-state index contributed by atoms with van der Waals surface area (Å²) in [5.41, 5.74) is 3.84. The van der Waals surface area contributed by atoms with Crippen LogP contribution in [0.3, 0.4) is 0 Å². The molecule has 1 aromatic carbocycles. The van der Waals surface area contributed by atoms with E-state index in [1.54, 1.807) is 18.2 Å². The molecule has 1 heterocycles. The van der Waals surface area contributed by atoms with Crippen molar-refractivity contribution in [3.05, 3.63) is 52.9 Å². The zero-order valence-corrected chi connectivity index (χ0v) is 14.3. The second-order valence-electron chi connectivity index (χ2n) is 5.87. The summed E-state index contributed by atoms with van der Waals surface area (Å²) in [6.07, 6.45) is 3.39. The lowest BCUT2D eigenvalue weighted by Crippen LogP contribution is -2.04. The van der Waals surface area contributed by atoms with Crippen molar-refractivity contribution in [3.63, 3.8) is 0 Å². The third-order valence-electron chi connectivity index (χ3n) is 3.92. The Morgan fingerprint density at radius 2 is 1.96 bits per heavy atom. The quantitative estimate of drug-likeness (QED) is 0.661. The van der Waals surface area contributed by atoms with E-state index in [-0.39, 0.29) is 11.5 Å². The molecule has 0 radical (unpaired) electrons. The summed E-state index contributed by atoms with van der Waals surface area (Å²) in [6.45, 7) is 8.40. The topological polar surface area (TPSA) is 51.5 Å². The van der Waals surface area contributed by atoms with Crippen molar-refractivity contribution in [1.82, 2.24) is 4.57 Å². The van der Waals surface area contributed by atoms with Crippen LogP contribution in [0.1, 0.15) is 47.2 Å². The van der Waals surface area contributed by atoms with Crippen LogP contribution in [-0.4, -0.2) is 22.6 Å². The number of aryl methyl sites for hydroxylation is 1. The summed E-state index contributed by atoms with van der Waals surface area (Å²) < 4.78 is 7.28. The molecule has 0 saturated carbocycles. The standard InChI is InChI=1S/C19H23NO3/c1-12(2)20-13(3)10-15(14(20)4)6-8-17(21)16-7-9-18(22)19(11-16)23-5/h6-12,22H,1-5H3/b8-6+. The molecule has 1 aromatic heterocycles. The van der Waals surface area contributed by atoms with Gasteiger partial charge in [-0.2, -0.15) is 0 Å². The first-order valence-electron chi connectivity index (χ1n) is 7.63. The molecule has 1 N–H and O–H groups in total. The SMILES string of the molecule is COc1cc(C(=O)/C=C/c2cc(C)n(C(C)C)c2C)ccc1O. The van der Waals surface area contributed by atoms with Gasteiger partial charge in [0, 0.05) is 23.0 Å². The summed E-state index contributed by atoms with van der Waals surface area (Å²) in [5, 5.41) is 9.59. The molecule has 0 atom stereocenters. The van der Waals surface area contributed by atoms with E-state index in [2.05, 4.69) is 38.3 Å². The van der Waals surface area contributed by atoms with Crippen LogP contribution in [0.5, 0.6) is 11.5 Å². The van der Waals surface area contributed by atoms with Crippen molar-refractivity contribution < 1.29 is 14.6 Å². The van der Waals surface area contributed by atoms with Crippen molar-refractivity contribution in [2.75, 3.05) is 7.11 Å². The van der Waals surface area contributed by atoms with Crippen LogP contribution in [0.2, 0.25) is 0 Å². The van der Waals surface area contributed by atoms with Crippen LogP contribution >= 0.6 is 0 Å². The van der Waals surface area contributed by atoms with E-state index in [0.29, 0.717) is 17.4 Å². The van der Waals surface area contributed by atoms with Crippen LogP contribution in [0, 0.1) is 13.8 Å². The highest BCUT2D eigenvalue weighted by Crippen LogP contribution is 2.27. The van der Waals surface area contributed by atoms with Crippen LogP contribution in [0.15, 0.2) is 30.3 Å². The fourth-order valence-electron chi connectivity index (χ4n) is 2.86. The molecule has 0 fully saturated rings. The number of aromatic nitrogens is 1. The van der Waals surface area contributed by atoms with Gasteiger partial charge in [0.1, 0.15) is 0 Å². The van der Waals surface area contributed by atoms with E-state index in [1.807, 2.05) is 6.08 Å². The van der Waals surface area contributed by atoms with Crippen molar-refractivity contribution in [3.8, 4) is 11.5 Å². The number of phenolic OH excluding ortho intramolecular Hbond substituents is 1. The monoisotopic (exact) mass is 313 g/mol. The highest BCUT2D eigenvalue weighted by atomic mass is 16.5. The van der Waals surface area contributed by atoms with Crippen LogP contribution in [-0.2, 0) is 0 Å². The molecule has 2 aromatic rings. The Labute approximate surface area is 137 Å². The molecule has 0 amide bonds. The average Bonchev–Trinajstić information content (AvgIpc) is 2.79. The van der Waals surface area contributed by atoms with Gasteiger partial charge in [-0.1, -0.05) is 0 Å². The molecule has 2 rings (SSSR count). The van der Waals surface area contributed by atoms with Gasteiger partial charge in [0.25, 0.3) is 0 Å². The highest BCUT2D eigenvalue weighted by molar-refractivity contribution is 6.07. The highest BCUT2D eigenvalue weighted by Gasteiger charge is 2.11. The Morgan fingerprint density at radius 3 is 2.52 bits per heavy atom. The number of hydrogen-bond donors (Lipinski definition) is 1. The molecule has 0 aliphatic carbocycles. The van der Waals surface area contributed by atoms with E-state index >= 15 is 0 Å². The lowest BCUT2D eigenvalue weighted by Gasteiger charge is -2.13. The smallest absolute Gasteiger partial charge is 0.185 e. The van der Waals surface area contributed by atoms with Crippen molar-refractivity contribution in [1.29, 1.82) is 0 Å². The number of methoxy groups -OCH3 is 1. The van der Waals surface area contributed by atoms with Crippen molar-refractivity contribution >= 4 is 11.9 Å². The Bertz CT molecular complexity index is 754. The normalized spacial score (nSPS) is 11.4. The molecule has 4 heteroatoms. The molecule has 0 aliphatic heterocycles. The molecule has 0 spiro atoms. The Balaban J connectivity index is 2.27. The molecular weight excluding hydrogens is 290 g/mol. The maximum Gasteiger partial charge on any atom is 0.185 e. The maximum absolute atomic E-state index is 12.3. The number of ketones is 1. The van der Waals surface area contributed by atoms with Gasteiger partial charge in [-0.3, -0.25) is 4.79 Å². The number of nitrogens with zero attached hydrogens (tertiary/aromatic N) is 1. The summed E-state index contributed by atoms with van der Waals surface area (Å²) in [5.74, 6) is 0.188. The molecule has 0 unspecified atom stereocenters. The second-order valence-corrected chi connectivity index (χ2v) is 5.87. The maximum atomic E-state index is 12.3. The van der Waals surface area contributed by atoms with Gasteiger partial charge in [-0.05, 0) is 69.7 Å². The Kier molecular flexibility index (Phi) is 4.94. The number of carbonyl (C=O) groups is 1. The molecule has 122 valence electrons. The molecule has 4 nitrogen and oxygen atoms in total. The van der Waals surface area contributed by atoms with Crippen molar-refractivity contribution in [2.24, 2.45) is 0 Å². The zero-order valence-electron chi connectivity index (χ0n) is 14.3. The number of rotatable bonds is 5. The average molecular weight is 313 g/mol. The predicted molar refractivity (Wildman–Crippen MR) is 92.3 cm³/mol. The van der Waals surface area contributed by atoms with Crippen molar-refractivity contribution in [2.45, 2.75) is 33.7 Å². The lowest BCUT2D eigenvalue weighted by atomic mass is 10.1. The molecular formula is C19H23NO3. The van der Waals surface area contributed by atoms with Gasteiger partial charge < -0.3 is 14.4 Å². The van der Waals surface area contributed by atoms with Gasteiger partial charge in [0.05, 0.1) is 7.11 Å². The molecule has 0 aliphatic rings. The van der Waals surface area contributed by atoms with Crippen LogP contribution < -0.4 is 4.74 Å². The number of phenols is 1. The molecule has 0 saturated heterocycles. The fourth-order valence-corrected chi connectivity index (χ4v) is 2.86. The van der Waals surface area contributed by atoms with Gasteiger partial charge >= 0.3 is 0 Å². The summed E-state index contributed by atoms with van der Waals surface area (Å²) in [4.78, 5) is 12.3. The van der Waals surface area contributed by atoms with E-state index in [1.165, 1.54) is 18.9 Å². The van der Waals surface area contributed by atoms with E-state index in [9.17, 15) is 9.90 Å². The Morgan fingerprint density at radius 1 is 1.26 bits per heavy atom. The van der Waals surface area contributed by atoms with Crippen LogP contribution in [0.4, 0.5) is 0 Å². The van der Waals surface area contributed by atoms with E-state index < -0.39 is 0 Å². The third-order valence-corrected chi connectivity index (χ3v) is 3.92. The van der Waals surface area contributed by atoms with Crippen LogP contribution in [0.25, 0.3) is 6.08 Å². The number of allylic oxidation sites excluding steroid dienone is 1. The summed E-state index contributed by atoms with van der Waals surface area (Å²) >= 11 is 0. The largest absolute Gasteiger partial charge is 0.504 e. The number of benzene rings is 1. The minimum absolute atomic E-state index is 0.0218. The minimum Gasteiger partial charge on any atom is -0.504 e. The third kappa shape index (κ3) is 3.47. The van der Waals surface area contributed by atoms with E-state index in [4.69, 9.17) is 4.74 Å². The fraction of sp³-hybridized carbons (Fsp3) is 0.316. The molecule has 23 heavy (non-hydrogen) atoms. The number of ether oxygens (including phenoxy) is 1. The zero-order chi connectivity index (χ0) is 17.1. The molecule has 0 bridgehead atoms. The van der Waals surface area contributed by atoms with Gasteiger partial charge in [-0.15, -0.1) is 0 Å². The lowest BCUT2D eigenvalue weighted by molar-refractivity contribution is 0.104. The van der Waals surface area contributed by atoms with Gasteiger partial charge in [0.2, 0.25) is 0 Å². The first-order chi connectivity index (χ1) is 10.8. The number of hydrogen-bond acceptors (Lipinski definition) is 3. The first-order valence-corrected chi connectivity index (χ1v) is 7.63. The van der Waals surface area contributed by atoms with Gasteiger partial charge in [0.15, 0.2) is 17.3 Å². The number of aromatic hydroxyl groups is 1. The summed E-state index contributed by atoms with van der Waals surface area (Å²) in [6, 6.07) is 7.05. The predicted octanol–water partition coefficient (Wildman–Crippen LogP) is 4.30. The summed E-state index contributed by atoms with van der Waals surface area (Å²) in [7, 11) is 1.46. The Hall–Kier alpha value is -2.49. The second kappa shape index (κ2) is 6.73.